The van der Waals surface area contributed by atoms with E-state index in [-0.39, 0.29) is 5.91 Å². The lowest BCUT2D eigenvalue weighted by Crippen LogP contribution is -2.37. The number of anilines is 1. The van der Waals surface area contributed by atoms with Gasteiger partial charge in [-0.15, -0.1) is 0 Å². The first kappa shape index (κ1) is 13.4. The molecule has 0 aliphatic rings. The zero-order valence-corrected chi connectivity index (χ0v) is 11.9. The molecule has 1 atom stereocenters. The fourth-order valence-corrected chi connectivity index (χ4v) is 2.22. The summed E-state index contributed by atoms with van der Waals surface area (Å²) in [6.45, 7) is 4.25. The van der Waals surface area contributed by atoms with E-state index in [1.54, 1.807) is 6.92 Å². The summed E-state index contributed by atoms with van der Waals surface area (Å²) in [6.07, 6.45) is 1.47. The van der Waals surface area contributed by atoms with Gasteiger partial charge in [-0.3, -0.25) is 4.79 Å². The molecule has 1 amide bonds. The molecule has 0 spiro atoms. The summed E-state index contributed by atoms with van der Waals surface area (Å²) in [4.78, 5) is 20.3. The number of hydrogen-bond acceptors (Lipinski definition) is 5. The van der Waals surface area contributed by atoms with Gasteiger partial charge in [0, 0.05) is 11.9 Å². The molecule has 1 aromatic carbocycles. The minimum Gasteiger partial charge on any atom is -0.450 e. The number of likely N-dealkylation sites (N-methyl/N-ethyl adjacent to an activating group) is 1. The summed E-state index contributed by atoms with van der Waals surface area (Å²) in [5, 5.41) is 6.77. The molecular weight excluding hydrogens is 268 g/mol. The van der Waals surface area contributed by atoms with Crippen molar-refractivity contribution < 1.29 is 9.21 Å². The Morgan fingerprint density at radius 2 is 2.14 bits per heavy atom. The highest BCUT2D eigenvalue weighted by Crippen LogP contribution is 2.30. The molecule has 2 aromatic heterocycles. The predicted molar refractivity (Wildman–Crippen MR) is 81.1 cm³/mol. The summed E-state index contributed by atoms with van der Waals surface area (Å²) in [6, 6.07) is 7.27. The van der Waals surface area contributed by atoms with Gasteiger partial charge < -0.3 is 15.1 Å². The minimum absolute atomic E-state index is 0.0830. The number of nitrogens with zero attached hydrogens (tertiary/aromatic N) is 2. The average molecular weight is 284 g/mol. The van der Waals surface area contributed by atoms with E-state index >= 15 is 0 Å². The third-order valence-electron chi connectivity index (χ3n) is 3.26. The van der Waals surface area contributed by atoms with Crippen LogP contribution in [0.3, 0.4) is 0 Å². The highest BCUT2D eigenvalue weighted by atomic mass is 16.3. The lowest BCUT2D eigenvalue weighted by molar-refractivity contribution is -0.121. The summed E-state index contributed by atoms with van der Waals surface area (Å²) >= 11 is 0. The second-order valence-corrected chi connectivity index (χ2v) is 4.76. The number of rotatable bonds is 4. The van der Waals surface area contributed by atoms with Crippen LogP contribution in [0.25, 0.3) is 22.1 Å². The van der Waals surface area contributed by atoms with Crippen LogP contribution in [-0.2, 0) is 4.79 Å². The molecule has 0 fully saturated rings. The normalized spacial score (nSPS) is 12.5. The van der Waals surface area contributed by atoms with Crippen molar-refractivity contribution in [2.75, 3.05) is 11.9 Å². The highest BCUT2D eigenvalue weighted by molar-refractivity contribution is 6.05. The third-order valence-corrected chi connectivity index (χ3v) is 3.26. The third kappa shape index (κ3) is 2.40. The van der Waals surface area contributed by atoms with E-state index in [9.17, 15) is 4.79 Å². The van der Waals surface area contributed by atoms with Crippen LogP contribution >= 0.6 is 0 Å². The van der Waals surface area contributed by atoms with Crippen LogP contribution in [0.15, 0.2) is 35.0 Å². The van der Waals surface area contributed by atoms with Gasteiger partial charge in [-0.2, -0.15) is 0 Å². The maximum atomic E-state index is 11.8. The molecule has 0 unspecified atom stereocenters. The van der Waals surface area contributed by atoms with Gasteiger partial charge in [-0.1, -0.05) is 12.1 Å². The van der Waals surface area contributed by atoms with Crippen molar-refractivity contribution in [3.8, 4) is 0 Å². The monoisotopic (exact) mass is 284 g/mol. The van der Waals surface area contributed by atoms with E-state index in [0.717, 1.165) is 16.5 Å². The first-order chi connectivity index (χ1) is 10.2. The quantitative estimate of drug-likeness (QED) is 0.768. The number of para-hydroxylation sites is 1. The second-order valence-electron chi connectivity index (χ2n) is 4.76. The first-order valence-corrected chi connectivity index (χ1v) is 6.87. The number of aromatic nitrogens is 2. The van der Waals surface area contributed by atoms with Gasteiger partial charge in [0.05, 0.1) is 0 Å². The lowest BCUT2D eigenvalue weighted by Gasteiger charge is -2.13. The Balaban J connectivity index is 2.01. The van der Waals surface area contributed by atoms with Gasteiger partial charge in [0.25, 0.3) is 0 Å². The van der Waals surface area contributed by atoms with E-state index in [1.165, 1.54) is 6.33 Å². The Morgan fingerprint density at radius 3 is 2.95 bits per heavy atom. The fraction of sp³-hybridized carbons (Fsp3) is 0.267. The van der Waals surface area contributed by atoms with Crippen molar-refractivity contribution in [1.82, 2.24) is 15.3 Å². The Bertz CT molecular complexity index is 797. The minimum atomic E-state index is -0.406. The van der Waals surface area contributed by atoms with Gasteiger partial charge in [-0.05, 0) is 26.0 Å². The van der Waals surface area contributed by atoms with E-state index in [2.05, 4.69) is 20.6 Å². The van der Waals surface area contributed by atoms with Crippen molar-refractivity contribution in [3.05, 3.63) is 30.6 Å². The average Bonchev–Trinajstić information content (AvgIpc) is 2.87. The van der Waals surface area contributed by atoms with Gasteiger partial charge in [0.1, 0.15) is 23.5 Å². The molecule has 0 aliphatic heterocycles. The van der Waals surface area contributed by atoms with E-state index in [0.29, 0.717) is 17.9 Å². The van der Waals surface area contributed by atoms with Crippen molar-refractivity contribution in [1.29, 1.82) is 0 Å². The molecule has 0 saturated heterocycles. The Hall–Kier alpha value is -2.63. The molecule has 0 saturated carbocycles. The molecule has 6 heteroatoms. The number of fused-ring (bicyclic) bond motifs is 3. The van der Waals surface area contributed by atoms with Crippen LogP contribution in [0.5, 0.6) is 0 Å². The molecule has 21 heavy (non-hydrogen) atoms. The van der Waals surface area contributed by atoms with Crippen LogP contribution in [-0.4, -0.2) is 28.5 Å². The number of carbonyl (C=O) groups excluding carboxylic acids is 1. The van der Waals surface area contributed by atoms with Crippen molar-refractivity contribution in [2.45, 2.75) is 19.9 Å². The molecule has 3 rings (SSSR count). The van der Waals surface area contributed by atoms with E-state index < -0.39 is 6.04 Å². The number of benzene rings is 1. The molecule has 2 heterocycles. The van der Waals surface area contributed by atoms with Crippen LogP contribution in [0.2, 0.25) is 0 Å². The van der Waals surface area contributed by atoms with Crippen LogP contribution in [0.4, 0.5) is 5.82 Å². The van der Waals surface area contributed by atoms with Crippen LogP contribution in [0.1, 0.15) is 13.8 Å². The molecule has 3 aromatic rings. The maximum absolute atomic E-state index is 11.8. The van der Waals surface area contributed by atoms with Gasteiger partial charge >= 0.3 is 0 Å². The summed E-state index contributed by atoms with van der Waals surface area (Å²) in [7, 11) is 0. The zero-order chi connectivity index (χ0) is 14.8. The standard InChI is InChI=1S/C15H16N4O2/c1-3-16-15(20)9(2)19-14-13-12(17-8-18-14)10-6-4-5-7-11(10)21-13/h4-9H,3H2,1-2H3,(H,16,20)(H,17,18,19)/t9-/m0/s1. The number of hydrogen-bond donors (Lipinski definition) is 2. The fourth-order valence-electron chi connectivity index (χ4n) is 2.22. The van der Waals surface area contributed by atoms with Gasteiger partial charge in [-0.25, -0.2) is 9.97 Å². The smallest absolute Gasteiger partial charge is 0.242 e. The molecule has 2 N–H and O–H groups in total. The van der Waals surface area contributed by atoms with Gasteiger partial charge in [0.2, 0.25) is 5.91 Å². The summed E-state index contributed by atoms with van der Waals surface area (Å²) < 4.78 is 5.80. The Labute approximate surface area is 121 Å². The van der Waals surface area contributed by atoms with Crippen LogP contribution in [0, 0.1) is 0 Å². The van der Waals surface area contributed by atoms with Crippen molar-refractivity contribution >= 4 is 33.8 Å². The number of amides is 1. The molecule has 0 bridgehead atoms. The molecular formula is C15H16N4O2. The van der Waals surface area contributed by atoms with E-state index in [4.69, 9.17) is 4.42 Å². The number of carbonyl (C=O) groups is 1. The zero-order valence-electron chi connectivity index (χ0n) is 11.9. The SMILES string of the molecule is CCNC(=O)[C@H](C)Nc1ncnc2c1oc1ccccc12. The Morgan fingerprint density at radius 1 is 1.33 bits per heavy atom. The molecule has 0 radical (unpaired) electrons. The largest absolute Gasteiger partial charge is 0.450 e. The first-order valence-electron chi connectivity index (χ1n) is 6.87. The molecule has 108 valence electrons. The number of nitrogens with one attached hydrogen (secondary N) is 2. The lowest BCUT2D eigenvalue weighted by atomic mass is 10.2. The molecule has 0 aliphatic carbocycles. The van der Waals surface area contributed by atoms with E-state index in [1.807, 2.05) is 31.2 Å². The van der Waals surface area contributed by atoms with Crippen LogP contribution < -0.4 is 10.6 Å². The predicted octanol–water partition coefficient (Wildman–Crippen LogP) is 2.31. The summed E-state index contributed by atoms with van der Waals surface area (Å²) in [5.74, 6) is 0.440. The topological polar surface area (TPSA) is 80.0 Å². The van der Waals surface area contributed by atoms with Crippen molar-refractivity contribution in [2.24, 2.45) is 0 Å². The maximum Gasteiger partial charge on any atom is 0.242 e. The van der Waals surface area contributed by atoms with Crippen molar-refractivity contribution in [3.63, 3.8) is 0 Å². The second kappa shape index (κ2) is 5.40. The number of furan rings is 1. The highest BCUT2D eigenvalue weighted by Gasteiger charge is 2.17. The molecule has 6 nitrogen and oxygen atoms in total. The van der Waals surface area contributed by atoms with Gasteiger partial charge in [0.15, 0.2) is 11.4 Å². The Kier molecular flexibility index (Phi) is 3.43. The summed E-state index contributed by atoms with van der Waals surface area (Å²) in [5.41, 5.74) is 2.06.